The number of nitrogens with one attached hydrogen (secondary N) is 1. The van der Waals surface area contributed by atoms with Crippen molar-refractivity contribution in [2.75, 3.05) is 6.54 Å². The van der Waals surface area contributed by atoms with E-state index in [0.717, 1.165) is 6.04 Å². The van der Waals surface area contributed by atoms with Crippen LogP contribution in [-0.4, -0.2) is 12.6 Å². The van der Waals surface area contributed by atoms with Crippen molar-refractivity contribution >= 4 is 0 Å². The SMILES string of the molecule is Cc1cccc(CCCCNC2CC2)c1C. The van der Waals surface area contributed by atoms with E-state index in [4.69, 9.17) is 0 Å². The first-order valence-electron chi connectivity index (χ1n) is 6.56. The fourth-order valence-electron chi connectivity index (χ4n) is 2.12. The standard InChI is InChI=1S/C15H23N/c1-12-6-5-8-14(13(12)2)7-3-4-11-16-15-9-10-15/h5-6,8,15-16H,3-4,7,9-11H2,1-2H3. The van der Waals surface area contributed by atoms with Crippen LogP contribution in [0.25, 0.3) is 0 Å². The summed E-state index contributed by atoms with van der Waals surface area (Å²) >= 11 is 0. The zero-order valence-corrected chi connectivity index (χ0v) is 10.6. The van der Waals surface area contributed by atoms with Gasteiger partial charge < -0.3 is 5.32 Å². The van der Waals surface area contributed by atoms with Crippen LogP contribution in [0, 0.1) is 13.8 Å². The van der Waals surface area contributed by atoms with E-state index in [0.29, 0.717) is 0 Å². The molecule has 0 aliphatic heterocycles. The molecule has 0 saturated heterocycles. The van der Waals surface area contributed by atoms with Crippen LogP contribution in [0.2, 0.25) is 0 Å². The largest absolute Gasteiger partial charge is 0.314 e. The van der Waals surface area contributed by atoms with Crippen LogP contribution in [0.3, 0.4) is 0 Å². The molecule has 1 aliphatic rings. The van der Waals surface area contributed by atoms with Gasteiger partial charge in [0, 0.05) is 6.04 Å². The second-order valence-corrected chi connectivity index (χ2v) is 5.04. The van der Waals surface area contributed by atoms with Crippen molar-refractivity contribution in [1.82, 2.24) is 5.32 Å². The first-order chi connectivity index (χ1) is 7.77. The average Bonchev–Trinajstić information content (AvgIpc) is 3.07. The van der Waals surface area contributed by atoms with Gasteiger partial charge in [-0.25, -0.2) is 0 Å². The monoisotopic (exact) mass is 217 g/mol. The van der Waals surface area contributed by atoms with E-state index in [2.05, 4.69) is 37.4 Å². The van der Waals surface area contributed by atoms with Gasteiger partial charge in [0.2, 0.25) is 0 Å². The molecule has 1 heteroatoms. The summed E-state index contributed by atoms with van der Waals surface area (Å²) in [5, 5.41) is 3.57. The second kappa shape index (κ2) is 5.49. The van der Waals surface area contributed by atoms with Gasteiger partial charge in [-0.1, -0.05) is 18.2 Å². The zero-order valence-electron chi connectivity index (χ0n) is 10.6. The quantitative estimate of drug-likeness (QED) is 0.720. The Bertz CT molecular complexity index is 339. The molecule has 1 fully saturated rings. The van der Waals surface area contributed by atoms with E-state index in [9.17, 15) is 0 Å². The summed E-state index contributed by atoms with van der Waals surface area (Å²) in [6, 6.07) is 7.52. The topological polar surface area (TPSA) is 12.0 Å². The lowest BCUT2D eigenvalue weighted by molar-refractivity contribution is 0.619. The summed E-state index contributed by atoms with van der Waals surface area (Å²) in [4.78, 5) is 0. The number of benzene rings is 1. The number of unbranched alkanes of at least 4 members (excludes halogenated alkanes) is 1. The molecule has 16 heavy (non-hydrogen) atoms. The maximum atomic E-state index is 3.57. The van der Waals surface area contributed by atoms with Crippen molar-refractivity contribution in [2.45, 2.75) is 52.0 Å². The Morgan fingerprint density at radius 1 is 1.19 bits per heavy atom. The molecule has 0 aromatic heterocycles. The van der Waals surface area contributed by atoms with Crippen molar-refractivity contribution in [3.05, 3.63) is 34.9 Å². The van der Waals surface area contributed by atoms with Crippen LogP contribution in [0.4, 0.5) is 0 Å². The Kier molecular flexibility index (Phi) is 4.00. The van der Waals surface area contributed by atoms with Gasteiger partial charge in [-0.15, -0.1) is 0 Å². The maximum Gasteiger partial charge on any atom is 0.00682 e. The van der Waals surface area contributed by atoms with Crippen LogP contribution in [0.1, 0.15) is 42.4 Å². The van der Waals surface area contributed by atoms with Gasteiger partial charge >= 0.3 is 0 Å². The Balaban J connectivity index is 1.69. The summed E-state index contributed by atoms with van der Waals surface area (Å²) in [5.41, 5.74) is 4.44. The molecule has 1 aliphatic carbocycles. The van der Waals surface area contributed by atoms with E-state index in [1.807, 2.05) is 0 Å². The lowest BCUT2D eigenvalue weighted by Gasteiger charge is -2.08. The number of hydrogen-bond acceptors (Lipinski definition) is 1. The normalized spacial score (nSPS) is 15.4. The van der Waals surface area contributed by atoms with E-state index in [1.54, 1.807) is 0 Å². The minimum Gasteiger partial charge on any atom is -0.314 e. The highest BCUT2D eigenvalue weighted by Gasteiger charge is 2.19. The lowest BCUT2D eigenvalue weighted by atomic mass is 9.99. The molecular formula is C15H23N. The fraction of sp³-hybridized carbons (Fsp3) is 0.600. The number of hydrogen-bond donors (Lipinski definition) is 1. The highest BCUT2D eigenvalue weighted by atomic mass is 14.9. The predicted octanol–water partition coefficient (Wildman–Crippen LogP) is 3.38. The molecule has 1 saturated carbocycles. The summed E-state index contributed by atoms with van der Waals surface area (Å²) in [6.45, 7) is 5.65. The molecule has 1 aromatic rings. The van der Waals surface area contributed by atoms with Crippen molar-refractivity contribution < 1.29 is 0 Å². The van der Waals surface area contributed by atoms with Crippen molar-refractivity contribution in [2.24, 2.45) is 0 Å². The van der Waals surface area contributed by atoms with Crippen molar-refractivity contribution in [3.63, 3.8) is 0 Å². The molecule has 0 radical (unpaired) electrons. The molecule has 1 N–H and O–H groups in total. The Labute approximate surface area is 99.3 Å². The van der Waals surface area contributed by atoms with Crippen LogP contribution in [0.15, 0.2) is 18.2 Å². The van der Waals surface area contributed by atoms with E-state index in [1.165, 1.54) is 55.3 Å². The summed E-state index contributed by atoms with van der Waals surface area (Å²) in [6.07, 6.45) is 6.65. The fourth-order valence-corrected chi connectivity index (χ4v) is 2.12. The third kappa shape index (κ3) is 3.34. The molecule has 1 nitrogen and oxygen atoms in total. The van der Waals surface area contributed by atoms with Gasteiger partial charge in [-0.2, -0.15) is 0 Å². The molecule has 0 atom stereocenters. The second-order valence-electron chi connectivity index (χ2n) is 5.04. The molecule has 0 heterocycles. The van der Waals surface area contributed by atoms with Crippen LogP contribution in [0.5, 0.6) is 0 Å². The minimum atomic E-state index is 0.862. The van der Waals surface area contributed by atoms with Gasteiger partial charge in [-0.05, 0) is 69.2 Å². The minimum absolute atomic E-state index is 0.862. The Hall–Kier alpha value is -0.820. The molecule has 0 amide bonds. The molecule has 2 rings (SSSR count). The summed E-state index contributed by atoms with van der Waals surface area (Å²) < 4.78 is 0. The first kappa shape index (κ1) is 11.7. The predicted molar refractivity (Wildman–Crippen MR) is 69.9 cm³/mol. The molecule has 0 unspecified atom stereocenters. The number of aryl methyl sites for hydroxylation is 2. The van der Waals surface area contributed by atoms with Gasteiger partial charge in [0.25, 0.3) is 0 Å². The lowest BCUT2D eigenvalue weighted by Crippen LogP contribution is -2.17. The van der Waals surface area contributed by atoms with Gasteiger partial charge in [0.15, 0.2) is 0 Å². The molecule has 1 aromatic carbocycles. The summed E-state index contributed by atoms with van der Waals surface area (Å²) in [5.74, 6) is 0. The van der Waals surface area contributed by atoms with E-state index < -0.39 is 0 Å². The maximum absolute atomic E-state index is 3.57. The summed E-state index contributed by atoms with van der Waals surface area (Å²) in [7, 11) is 0. The average molecular weight is 217 g/mol. The third-order valence-electron chi connectivity index (χ3n) is 3.60. The molecular weight excluding hydrogens is 194 g/mol. The van der Waals surface area contributed by atoms with Crippen molar-refractivity contribution in [3.8, 4) is 0 Å². The molecule has 0 bridgehead atoms. The molecule has 0 spiro atoms. The Morgan fingerprint density at radius 2 is 2.00 bits per heavy atom. The van der Waals surface area contributed by atoms with E-state index in [-0.39, 0.29) is 0 Å². The molecule has 88 valence electrons. The van der Waals surface area contributed by atoms with E-state index >= 15 is 0 Å². The first-order valence-corrected chi connectivity index (χ1v) is 6.56. The van der Waals surface area contributed by atoms with Gasteiger partial charge in [0.05, 0.1) is 0 Å². The van der Waals surface area contributed by atoms with Gasteiger partial charge in [-0.3, -0.25) is 0 Å². The van der Waals surface area contributed by atoms with Gasteiger partial charge in [0.1, 0.15) is 0 Å². The Morgan fingerprint density at radius 3 is 2.75 bits per heavy atom. The van der Waals surface area contributed by atoms with Crippen molar-refractivity contribution in [1.29, 1.82) is 0 Å². The highest BCUT2D eigenvalue weighted by molar-refractivity contribution is 5.33. The third-order valence-corrected chi connectivity index (χ3v) is 3.60. The van der Waals surface area contributed by atoms with Crippen LogP contribution >= 0.6 is 0 Å². The smallest absolute Gasteiger partial charge is 0.00682 e. The van der Waals surface area contributed by atoms with Crippen LogP contribution < -0.4 is 5.32 Å². The highest BCUT2D eigenvalue weighted by Crippen LogP contribution is 2.19. The number of rotatable bonds is 6. The zero-order chi connectivity index (χ0) is 11.4. The van der Waals surface area contributed by atoms with Crippen LogP contribution in [-0.2, 0) is 6.42 Å².